The molecule has 0 unspecified atom stereocenters. The number of nitrogens with zero attached hydrogens (tertiary/aromatic N) is 2. The van der Waals surface area contributed by atoms with Crippen LogP contribution in [0.2, 0.25) is 10.0 Å². The highest BCUT2D eigenvalue weighted by molar-refractivity contribution is 9.10. The van der Waals surface area contributed by atoms with E-state index in [-0.39, 0.29) is 21.7 Å². The summed E-state index contributed by atoms with van der Waals surface area (Å²) in [6.07, 6.45) is 1.38. The van der Waals surface area contributed by atoms with Gasteiger partial charge in [0.1, 0.15) is 16.6 Å². The predicted molar refractivity (Wildman–Crippen MR) is 75.8 cm³/mol. The summed E-state index contributed by atoms with van der Waals surface area (Å²) >= 11 is 14.8. The highest BCUT2D eigenvalue weighted by Crippen LogP contribution is 2.35. The van der Waals surface area contributed by atoms with Gasteiger partial charge in [0.05, 0.1) is 15.7 Å². The van der Waals surface area contributed by atoms with Crippen LogP contribution < -0.4 is 10.1 Å². The topological polar surface area (TPSA) is 47.0 Å². The number of benzene rings is 1. The summed E-state index contributed by atoms with van der Waals surface area (Å²) in [6, 6.07) is 2.53. The third kappa shape index (κ3) is 3.26. The molecule has 0 aliphatic carbocycles. The number of ether oxygens (including phenoxy) is 1. The van der Waals surface area contributed by atoms with Gasteiger partial charge in [-0.1, -0.05) is 23.2 Å². The Morgan fingerprint density at radius 2 is 2.05 bits per heavy atom. The molecule has 2 rings (SSSR count). The summed E-state index contributed by atoms with van der Waals surface area (Å²) in [5, 5.41) is 2.95. The molecule has 0 aliphatic heterocycles. The van der Waals surface area contributed by atoms with Gasteiger partial charge in [-0.2, -0.15) is 4.98 Å². The van der Waals surface area contributed by atoms with Gasteiger partial charge in [0.25, 0.3) is 0 Å². The average Bonchev–Trinajstić information content (AvgIpc) is 2.38. The minimum absolute atomic E-state index is 0.0103. The van der Waals surface area contributed by atoms with Crippen LogP contribution >= 0.6 is 39.1 Å². The van der Waals surface area contributed by atoms with Crippen molar-refractivity contribution >= 4 is 45.1 Å². The first-order valence-corrected chi connectivity index (χ1v) is 6.59. The number of hydrogen-bond donors (Lipinski definition) is 1. The first-order valence-electron chi connectivity index (χ1n) is 5.04. The Morgan fingerprint density at radius 1 is 1.32 bits per heavy atom. The molecule has 0 saturated heterocycles. The predicted octanol–water partition coefficient (Wildman–Crippen LogP) is 4.52. The molecule has 1 aromatic heterocycles. The zero-order valence-electron chi connectivity index (χ0n) is 9.55. The van der Waals surface area contributed by atoms with Gasteiger partial charge in [0, 0.05) is 13.1 Å². The SMILES string of the molecule is CNc1ncc(Cl)c(Oc2cc(F)c(Cl)cc2Br)n1. The van der Waals surface area contributed by atoms with Crippen LogP contribution in [0.25, 0.3) is 0 Å². The smallest absolute Gasteiger partial charge is 0.243 e. The second-order valence-electron chi connectivity index (χ2n) is 3.40. The normalized spacial score (nSPS) is 10.4. The quantitative estimate of drug-likeness (QED) is 0.811. The molecule has 1 heterocycles. The van der Waals surface area contributed by atoms with E-state index in [2.05, 4.69) is 31.2 Å². The van der Waals surface area contributed by atoms with Crippen LogP contribution in [0.1, 0.15) is 0 Å². The first-order chi connectivity index (χ1) is 9.01. The van der Waals surface area contributed by atoms with Gasteiger partial charge in [-0.15, -0.1) is 0 Å². The van der Waals surface area contributed by atoms with E-state index < -0.39 is 5.82 Å². The molecule has 19 heavy (non-hydrogen) atoms. The molecule has 0 bridgehead atoms. The van der Waals surface area contributed by atoms with Gasteiger partial charge >= 0.3 is 0 Å². The summed E-state index contributed by atoms with van der Waals surface area (Å²) in [7, 11) is 1.66. The summed E-state index contributed by atoms with van der Waals surface area (Å²) in [6.45, 7) is 0. The lowest BCUT2D eigenvalue weighted by atomic mass is 10.3. The maximum atomic E-state index is 13.4. The molecule has 4 nitrogen and oxygen atoms in total. The van der Waals surface area contributed by atoms with Crippen molar-refractivity contribution in [2.24, 2.45) is 0 Å². The Morgan fingerprint density at radius 3 is 2.74 bits per heavy atom. The lowest BCUT2D eigenvalue weighted by Crippen LogP contribution is -1.98. The fourth-order valence-electron chi connectivity index (χ4n) is 1.23. The Hall–Kier alpha value is -1.11. The van der Waals surface area contributed by atoms with Gasteiger partial charge in [-0.3, -0.25) is 0 Å². The number of anilines is 1. The molecule has 8 heteroatoms. The molecule has 1 N–H and O–H groups in total. The summed E-state index contributed by atoms with van der Waals surface area (Å²) in [4.78, 5) is 7.94. The Bertz CT molecular complexity index is 627. The molecule has 1 aromatic carbocycles. The van der Waals surface area contributed by atoms with E-state index in [1.54, 1.807) is 7.05 Å². The van der Waals surface area contributed by atoms with Gasteiger partial charge in [-0.25, -0.2) is 9.37 Å². The van der Waals surface area contributed by atoms with Crippen LogP contribution in [0, 0.1) is 5.82 Å². The van der Waals surface area contributed by atoms with Crippen molar-refractivity contribution in [1.82, 2.24) is 9.97 Å². The van der Waals surface area contributed by atoms with E-state index in [4.69, 9.17) is 27.9 Å². The molecule has 0 radical (unpaired) electrons. The van der Waals surface area contributed by atoms with E-state index in [0.717, 1.165) is 6.07 Å². The Balaban J connectivity index is 2.38. The number of halogens is 4. The highest BCUT2D eigenvalue weighted by Gasteiger charge is 2.12. The molecule has 100 valence electrons. The summed E-state index contributed by atoms with van der Waals surface area (Å²) in [5.74, 6) is 0.0665. The van der Waals surface area contributed by atoms with Gasteiger partial charge in [0.15, 0.2) is 0 Å². The number of rotatable bonds is 3. The minimum Gasteiger partial charge on any atom is -0.436 e. The number of aromatic nitrogens is 2. The largest absolute Gasteiger partial charge is 0.436 e. The fourth-order valence-corrected chi connectivity index (χ4v) is 2.08. The van der Waals surface area contributed by atoms with Crippen LogP contribution in [-0.2, 0) is 0 Å². The van der Waals surface area contributed by atoms with E-state index in [1.165, 1.54) is 12.3 Å². The van der Waals surface area contributed by atoms with Gasteiger partial charge in [-0.05, 0) is 22.0 Å². The fraction of sp³-hybridized carbons (Fsp3) is 0.0909. The second-order valence-corrected chi connectivity index (χ2v) is 5.06. The van der Waals surface area contributed by atoms with Crippen molar-refractivity contribution in [2.45, 2.75) is 0 Å². The zero-order valence-corrected chi connectivity index (χ0v) is 12.6. The maximum absolute atomic E-state index is 13.4. The third-order valence-corrected chi connectivity index (χ3v) is 3.29. The number of nitrogens with one attached hydrogen (secondary N) is 1. The van der Waals surface area contributed by atoms with E-state index in [0.29, 0.717) is 10.4 Å². The van der Waals surface area contributed by atoms with Crippen molar-refractivity contribution in [3.8, 4) is 11.6 Å². The van der Waals surface area contributed by atoms with Gasteiger partial charge < -0.3 is 10.1 Å². The van der Waals surface area contributed by atoms with Crippen molar-refractivity contribution in [2.75, 3.05) is 12.4 Å². The van der Waals surface area contributed by atoms with Crippen molar-refractivity contribution < 1.29 is 9.13 Å². The second kappa shape index (κ2) is 5.90. The van der Waals surface area contributed by atoms with E-state index in [1.807, 2.05) is 0 Å². The number of hydrogen-bond acceptors (Lipinski definition) is 4. The summed E-state index contributed by atoms with van der Waals surface area (Å²) < 4.78 is 19.3. The van der Waals surface area contributed by atoms with E-state index >= 15 is 0 Å². The summed E-state index contributed by atoms with van der Waals surface area (Å²) in [5.41, 5.74) is 0. The Kier molecular flexibility index (Phi) is 4.44. The standard InChI is InChI=1S/C11H7BrCl2FN3O/c1-16-11-17-4-7(14)10(18-11)19-9-3-8(15)6(13)2-5(9)12/h2-4H,1H3,(H,16,17,18). The monoisotopic (exact) mass is 365 g/mol. The molecular formula is C11H7BrCl2FN3O. The highest BCUT2D eigenvalue weighted by atomic mass is 79.9. The van der Waals surface area contributed by atoms with Crippen LogP contribution in [0.4, 0.5) is 10.3 Å². The van der Waals surface area contributed by atoms with Crippen LogP contribution in [0.3, 0.4) is 0 Å². The average molecular weight is 367 g/mol. The lowest BCUT2D eigenvalue weighted by Gasteiger charge is -2.09. The molecular weight excluding hydrogens is 360 g/mol. The third-order valence-electron chi connectivity index (χ3n) is 2.12. The van der Waals surface area contributed by atoms with Crippen molar-refractivity contribution in [3.63, 3.8) is 0 Å². The molecule has 2 aromatic rings. The first kappa shape index (κ1) is 14.3. The van der Waals surface area contributed by atoms with Gasteiger partial charge in [0.2, 0.25) is 11.8 Å². The lowest BCUT2D eigenvalue weighted by molar-refractivity contribution is 0.455. The van der Waals surface area contributed by atoms with Crippen LogP contribution in [0.15, 0.2) is 22.8 Å². The van der Waals surface area contributed by atoms with E-state index in [9.17, 15) is 4.39 Å². The molecule has 0 saturated carbocycles. The maximum Gasteiger partial charge on any atom is 0.243 e. The van der Waals surface area contributed by atoms with Crippen molar-refractivity contribution in [1.29, 1.82) is 0 Å². The minimum atomic E-state index is -0.598. The van der Waals surface area contributed by atoms with Crippen LogP contribution in [0.5, 0.6) is 11.6 Å². The molecule has 0 aliphatic rings. The Labute approximate surface area is 127 Å². The zero-order chi connectivity index (χ0) is 14.0. The molecule has 0 spiro atoms. The van der Waals surface area contributed by atoms with Crippen LogP contribution in [-0.4, -0.2) is 17.0 Å². The molecule has 0 atom stereocenters. The van der Waals surface area contributed by atoms with Crippen molar-refractivity contribution in [3.05, 3.63) is 38.7 Å². The molecule has 0 amide bonds. The molecule has 0 fully saturated rings.